The first-order valence-corrected chi connectivity index (χ1v) is 6.11. The number of aromatic nitrogens is 4. The molecule has 5 heteroatoms. The molecule has 2 heterocycles. The lowest BCUT2D eigenvalue weighted by atomic mass is 10.4. The highest BCUT2D eigenvalue weighted by Crippen LogP contribution is 2.26. The smallest absolute Gasteiger partial charge is 0.158 e. The number of rotatable bonds is 3. The molecular weight excluding hydrogens is 224 g/mol. The van der Waals surface area contributed by atoms with Crippen molar-refractivity contribution in [2.45, 2.75) is 46.2 Å². The summed E-state index contributed by atoms with van der Waals surface area (Å²) in [5.41, 5.74) is 3.04. The summed E-state index contributed by atoms with van der Waals surface area (Å²) in [6.45, 7) is 9.85. The SMILES string of the molecule is CCn1nc(C)c2nc(C(C)Cl)n(CC)c21. The minimum Gasteiger partial charge on any atom is -0.312 e. The molecule has 0 amide bonds. The molecule has 0 aliphatic heterocycles. The van der Waals surface area contributed by atoms with Gasteiger partial charge in [-0.2, -0.15) is 5.10 Å². The molecule has 0 saturated heterocycles. The van der Waals surface area contributed by atoms with Gasteiger partial charge < -0.3 is 4.57 Å². The Morgan fingerprint density at radius 1 is 1.31 bits per heavy atom. The van der Waals surface area contributed by atoms with E-state index in [9.17, 15) is 0 Å². The Balaban J connectivity index is 2.78. The Morgan fingerprint density at radius 2 is 2.00 bits per heavy atom. The Hall–Kier alpha value is -1.03. The minimum atomic E-state index is -0.0722. The molecular formula is C11H17ClN4. The number of hydrogen-bond donors (Lipinski definition) is 0. The van der Waals surface area contributed by atoms with Gasteiger partial charge in [-0.25, -0.2) is 9.67 Å². The molecule has 0 aliphatic carbocycles. The number of imidazole rings is 1. The number of nitrogens with zero attached hydrogens (tertiary/aromatic N) is 4. The lowest BCUT2D eigenvalue weighted by Gasteiger charge is -2.08. The van der Waals surface area contributed by atoms with E-state index in [1.807, 2.05) is 18.5 Å². The van der Waals surface area contributed by atoms with E-state index in [2.05, 4.69) is 28.5 Å². The van der Waals surface area contributed by atoms with Crippen molar-refractivity contribution in [2.24, 2.45) is 0 Å². The van der Waals surface area contributed by atoms with E-state index in [1.165, 1.54) is 0 Å². The Morgan fingerprint density at radius 3 is 2.50 bits per heavy atom. The molecule has 4 nitrogen and oxygen atoms in total. The normalized spacial score (nSPS) is 13.6. The van der Waals surface area contributed by atoms with Crippen molar-refractivity contribution in [3.05, 3.63) is 11.5 Å². The van der Waals surface area contributed by atoms with Crippen LogP contribution in [0.2, 0.25) is 0 Å². The average molecular weight is 241 g/mol. The van der Waals surface area contributed by atoms with Gasteiger partial charge in [0, 0.05) is 13.1 Å². The maximum Gasteiger partial charge on any atom is 0.158 e. The van der Waals surface area contributed by atoms with Crippen LogP contribution in [-0.2, 0) is 13.1 Å². The van der Waals surface area contributed by atoms with Crippen LogP contribution in [0.4, 0.5) is 0 Å². The van der Waals surface area contributed by atoms with Gasteiger partial charge in [0.1, 0.15) is 11.3 Å². The summed E-state index contributed by atoms with van der Waals surface area (Å²) < 4.78 is 4.14. The molecule has 1 atom stereocenters. The zero-order chi connectivity index (χ0) is 11.9. The number of halogens is 1. The highest BCUT2D eigenvalue weighted by atomic mass is 35.5. The molecule has 2 aromatic heterocycles. The molecule has 0 N–H and O–H groups in total. The second-order valence-electron chi connectivity index (χ2n) is 3.90. The second kappa shape index (κ2) is 4.09. The van der Waals surface area contributed by atoms with Crippen molar-refractivity contribution in [2.75, 3.05) is 0 Å². The van der Waals surface area contributed by atoms with Gasteiger partial charge in [-0.1, -0.05) is 0 Å². The summed E-state index contributed by atoms with van der Waals surface area (Å²) in [5, 5.41) is 4.40. The summed E-state index contributed by atoms with van der Waals surface area (Å²) in [6.07, 6.45) is 0. The molecule has 0 aliphatic rings. The highest BCUT2D eigenvalue weighted by Gasteiger charge is 2.19. The quantitative estimate of drug-likeness (QED) is 0.774. The van der Waals surface area contributed by atoms with Gasteiger partial charge in [0.15, 0.2) is 5.65 Å². The highest BCUT2D eigenvalue weighted by molar-refractivity contribution is 6.20. The fourth-order valence-electron chi connectivity index (χ4n) is 2.08. The van der Waals surface area contributed by atoms with Gasteiger partial charge in [-0.05, 0) is 27.7 Å². The van der Waals surface area contributed by atoms with Crippen molar-refractivity contribution in [3.63, 3.8) is 0 Å². The van der Waals surface area contributed by atoms with Gasteiger partial charge in [0.05, 0.1) is 11.1 Å². The molecule has 0 saturated carbocycles. The Labute approximate surface area is 100 Å². The molecule has 0 bridgehead atoms. The number of fused-ring (bicyclic) bond motifs is 1. The minimum absolute atomic E-state index is 0.0722. The summed E-state index contributed by atoms with van der Waals surface area (Å²) in [4.78, 5) is 4.60. The molecule has 0 aromatic carbocycles. The molecule has 1 unspecified atom stereocenters. The molecule has 2 aromatic rings. The number of aryl methyl sites for hydroxylation is 3. The van der Waals surface area contributed by atoms with Crippen LogP contribution in [0, 0.1) is 6.92 Å². The Kier molecular flexibility index (Phi) is 2.93. The van der Waals surface area contributed by atoms with Crippen LogP contribution in [0.25, 0.3) is 11.2 Å². The van der Waals surface area contributed by atoms with Crippen LogP contribution in [-0.4, -0.2) is 19.3 Å². The van der Waals surface area contributed by atoms with Crippen LogP contribution in [0.3, 0.4) is 0 Å². The van der Waals surface area contributed by atoms with Crippen LogP contribution in [0.15, 0.2) is 0 Å². The lowest BCUT2D eigenvalue weighted by molar-refractivity contribution is 0.625. The van der Waals surface area contributed by atoms with Crippen molar-refractivity contribution in [3.8, 4) is 0 Å². The Bertz CT molecular complexity index is 509. The van der Waals surface area contributed by atoms with Crippen molar-refractivity contribution in [1.82, 2.24) is 19.3 Å². The first-order chi connectivity index (χ1) is 7.60. The molecule has 2 rings (SSSR count). The monoisotopic (exact) mass is 240 g/mol. The van der Waals surface area contributed by atoms with Gasteiger partial charge in [0.2, 0.25) is 0 Å². The number of alkyl halides is 1. The first-order valence-electron chi connectivity index (χ1n) is 5.67. The molecule has 16 heavy (non-hydrogen) atoms. The molecule has 88 valence electrons. The van der Waals surface area contributed by atoms with E-state index < -0.39 is 0 Å². The fourth-order valence-corrected chi connectivity index (χ4v) is 2.24. The summed E-state index contributed by atoms with van der Waals surface area (Å²) in [5.74, 6) is 0.932. The molecule has 0 radical (unpaired) electrons. The van der Waals surface area contributed by atoms with Crippen molar-refractivity contribution < 1.29 is 0 Å². The third-order valence-corrected chi connectivity index (χ3v) is 3.00. The van der Waals surface area contributed by atoms with E-state index in [-0.39, 0.29) is 5.38 Å². The lowest BCUT2D eigenvalue weighted by Crippen LogP contribution is -2.07. The zero-order valence-corrected chi connectivity index (χ0v) is 10.9. The zero-order valence-electron chi connectivity index (χ0n) is 10.2. The second-order valence-corrected chi connectivity index (χ2v) is 4.56. The summed E-state index contributed by atoms with van der Waals surface area (Å²) in [6, 6.07) is 0. The third-order valence-electron chi connectivity index (χ3n) is 2.80. The largest absolute Gasteiger partial charge is 0.312 e. The van der Waals surface area contributed by atoms with Crippen LogP contribution >= 0.6 is 11.6 Å². The average Bonchev–Trinajstić information content (AvgIpc) is 2.76. The molecule has 0 spiro atoms. The van der Waals surface area contributed by atoms with E-state index in [4.69, 9.17) is 11.6 Å². The van der Waals surface area contributed by atoms with Crippen molar-refractivity contribution in [1.29, 1.82) is 0 Å². The van der Waals surface area contributed by atoms with Crippen molar-refractivity contribution >= 4 is 22.8 Å². The van der Waals surface area contributed by atoms with E-state index >= 15 is 0 Å². The van der Waals surface area contributed by atoms with Crippen LogP contribution in [0.1, 0.15) is 37.7 Å². The van der Waals surface area contributed by atoms with Gasteiger partial charge in [-0.15, -0.1) is 11.6 Å². The number of hydrogen-bond acceptors (Lipinski definition) is 2. The van der Waals surface area contributed by atoms with E-state index in [0.29, 0.717) is 0 Å². The predicted molar refractivity (Wildman–Crippen MR) is 65.9 cm³/mol. The van der Waals surface area contributed by atoms with Gasteiger partial charge >= 0.3 is 0 Å². The van der Waals surface area contributed by atoms with Crippen LogP contribution in [0.5, 0.6) is 0 Å². The fraction of sp³-hybridized carbons (Fsp3) is 0.636. The van der Waals surface area contributed by atoms with Crippen LogP contribution < -0.4 is 0 Å². The van der Waals surface area contributed by atoms with E-state index in [0.717, 1.165) is 35.8 Å². The summed E-state index contributed by atoms with van der Waals surface area (Å²) >= 11 is 6.15. The predicted octanol–water partition coefficient (Wildman–Crippen LogP) is 2.88. The summed E-state index contributed by atoms with van der Waals surface area (Å²) in [7, 11) is 0. The first kappa shape index (κ1) is 11.5. The maximum atomic E-state index is 6.15. The standard InChI is InChI=1S/C11H17ClN4/c1-5-15-10(7(3)12)13-9-8(4)14-16(6-2)11(9)15/h7H,5-6H2,1-4H3. The maximum absolute atomic E-state index is 6.15. The van der Waals surface area contributed by atoms with Gasteiger partial charge in [0.25, 0.3) is 0 Å². The topological polar surface area (TPSA) is 35.6 Å². The van der Waals surface area contributed by atoms with E-state index in [1.54, 1.807) is 0 Å². The molecule has 0 fully saturated rings. The third kappa shape index (κ3) is 1.52. The van der Waals surface area contributed by atoms with Gasteiger partial charge in [-0.3, -0.25) is 0 Å².